The van der Waals surface area contributed by atoms with E-state index in [0.29, 0.717) is 46.7 Å². The maximum atomic E-state index is 12.4. The van der Waals surface area contributed by atoms with Crippen molar-refractivity contribution in [1.29, 1.82) is 0 Å². The molecule has 0 saturated heterocycles. The second kappa shape index (κ2) is 7.24. The van der Waals surface area contributed by atoms with Gasteiger partial charge in [-0.15, -0.1) is 16.8 Å². The van der Waals surface area contributed by atoms with Gasteiger partial charge in [0.1, 0.15) is 0 Å². The zero-order valence-corrected chi connectivity index (χ0v) is 15.2. The molecule has 0 radical (unpaired) electrons. The third-order valence-electron chi connectivity index (χ3n) is 4.19. The molecule has 0 fully saturated rings. The molecule has 4 rings (SSSR count). The highest BCUT2D eigenvalue weighted by molar-refractivity contribution is 7.99. The Balaban J connectivity index is 1.47. The average Bonchev–Trinajstić information content (AvgIpc) is 3.39. The van der Waals surface area contributed by atoms with Crippen LogP contribution in [-0.2, 0) is 6.54 Å². The third kappa shape index (κ3) is 3.08. The van der Waals surface area contributed by atoms with Crippen LogP contribution in [-0.4, -0.2) is 43.8 Å². The van der Waals surface area contributed by atoms with Crippen LogP contribution in [0.5, 0.6) is 0 Å². The molecule has 136 valence electrons. The van der Waals surface area contributed by atoms with Crippen LogP contribution in [0.3, 0.4) is 0 Å². The van der Waals surface area contributed by atoms with Crippen molar-refractivity contribution in [1.82, 2.24) is 19.7 Å². The molecule has 3 aromatic rings. The van der Waals surface area contributed by atoms with Crippen LogP contribution in [0.4, 0.5) is 0 Å². The molecule has 0 spiro atoms. The minimum absolute atomic E-state index is 0.250. The normalized spacial score (nSPS) is 13.3. The molecule has 1 aliphatic rings. The highest BCUT2D eigenvalue weighted by Gasteiger charge is 2.34. The van der Waals surface area contributed by atoms with Crippen LogP contribution >= 0.6 is 11.8 Å². The zero-order chi connectivity index (χ0) is 18.8. The van der Waals surface area contributed by atoms with Crippen molar-refractivity contribution in [2.45, 2.75) is 11.7 Å². The Morgan fingerprint density at radius 3 is 2.44 bits per heavy atom. The standard InChI is InChI=1S/C19H16N4O3S/c1-2-9-22-16(15-8-5-11-26-15)20-21-19(22)27-12-10-23-17(24)13-6-3-4-7-14(13)18(23)25/h2-8,11H,1,9-10,12H2. The molecule has 0 unspecified atom stereocenters. The highest BCUT2D eigenvalue weighted by Crippen LogP contribution is 2.26. The van der Waals surface area contributed by atoms with Crippen LogP contribution in [0, 0.1) is 0 Å². The number of carbonyl (C=O) groups is 2. The van der Waals surface area contributed by atoms with E-state index >= 15 is 0 Å². The number of hydrogen-bond acceptors (Lipinski definition) is 6. The van der Waals surface area contributed by atoms with Crippen LogP contribution < -0.4 is 0 Å². The number of fused-ring (bicyclic) bond motifs is 1. The van der Waals surface area contributed by atoms with E-state index in [0.717, 1.165) is 0 Å². The molecule has 8 heteroatoms. The number of benzene rings is 1. The van der Waals surface area contributed by atoms with E-state index in [9.17, 15) is 9.59 Å². The Morgan fingerprint density at radius 1 is 1.07 bits per heavy atom. The fraction of sp³-hybridized carbons (Fsp3) is 0.158. The van der Waals surface area contributed by atoms with Gasteiger partial charge in [0, 0.05) is 18.8 Å². The highest BCUT2D eigenvalue weighted by atomic mass is 32.2. The van der Waals surface area contributed by atoms with E-state index in [2.05, 4.69) is 16.8 Å². The van der Waals surface area contributed by atoms with Crippen LogP contribution in [0.1, 0.15) is 20.7 Å². The summed E-state index contributed by atoms with van der Waals surface area (Å²) in [4.78, 5) is 26.1. The first kappa shape index (κ1) is 17.3. The summed E-state index contributed by atoms with van der Waals surface area (Å²) < 4.78 is 7.29. The monoisotopic (exact) mass is 380 g/mol. The maximum Gasteiger partial charge on any atom is 0.261 e. The van der Waals surface area contributed by atoms with Crippen molar-refractivity contribution in [3.63, 3.8) is 0 Å². The third-order valence-corrected chi connectivity index (χ3v) is 5.14. The summed E-state index contributed by atoms with van der Waals surface area (Å²) in [6, 6.07) is 10.5. The number of thioether (sulfide) groups is 1. The average molecular weight is 380 g/mol. The van der Waals surface area contributed by atoms with Gasteiger partial charge in [0.2, 0.25) is 5.82 Å². The molecular formula is C19H16N4O3S. The van der Waals surface area contributed by atoms with Crippen molar-refractivity contribution in [3.05, 3.63) is 66.4 Å². The summed E-state index contributed by atoms with van der Waals surface area (Å²) in [6.45, 7) is 4.60. The van der Waals surface area contributed by atoms with Gasteiger partial charge in [0.25, 0.3) is 11.8 Å². The lowest BCUT2D eigenvalue weighted by atomic mass is 10.1. The number of imide groups is 1. The van der Waals surface area contributed by atoms with E-state index in [1.54, 1.807) is 42.7 Å². The summed E-state index contributed by atoms with van der Waals surface area (Å²) in [6.07, 6.45) is 3.33. The first-order chi connectivity index (χ1) is 13.2. The van der Waals surface area contributed by atoms with Crippen LogP contribution in [0.15, 0.2) is 64.9 Å². The summed E-state index contributed by atoms with van der Waals surface area (Å²) >= 11 is 1.43. The minimum Gasteiger partial charge on any atom is -0.461 e. The van der Waals surface area contributed by atoms with Gasteiger partial charge >= 0.3 is 0 Å². The predicted molar refractivity (Wildman–Crippen MR) is 100 cm³/mol. The summed E-state index contributed by atoms with van der Waals surface area (Å²) in [5.74, 6) is 1.25. The zero-order valence-electron chi connectivity index (χ0n) is 14.4. The number of hydrogen-bond donors (Lipinski definition) is 0. The maximum absolute atomic E-state index is 12.4. The van der Waals surface area contributed by atoms with Gasteiger partial charge in [-0.05, 0) is 24.3 Å². The first-order valence-electron chi connectivity index (χ1n) is 8.36. The summed E-state index contributed by atoms with van der Waals surface area (Å²) in [5, 5.41) is 9.08. The van der Waals surface area contributed by atoms with Gasteiger partial charge in [-0.1, -0.05) is 30.0 Å². The Morgan fingerprint density at radius 2 is 1.81 bits per heavy atom. The minimum atomic E-state index is -0.250. The van der Waals surface area contributed by atoms with Gasteiger partial charge in [-0.2, -0.15) is 0 Å². The van der Waals surface area contributed by atoms with E-state index < -0.39 is 0 Å². The van der Waals surface area contributed by atoms with Crippen molar-refractivity contribution >= 4 is 23.6 Å². The van der Waals surface area contributed by atoms with Crippen molar-refractivity contribution < 1.29 is 14.0 Å². The number of aromatic nitrogens is 3. The molecule has 0 atom stereocenters. The Labute approximate surface area is 159 Å². The van der Waals surface area contributed by atoms with E-state index in [4.69, 9.17) is 4.42 Å². The number of rotatable bonds is 7. The quantitative estimate of drug-likeness (QED) is 0.356. The largest absolute Gasteiger partial charge is 0.461 e. The van der Waals surface area contributed by atoms with Gasteiger partial charge in [0.15, 0.2) is 10.9 Å². The SMILES string of the molecule is C=CCn1c(SCCN2C(=O)c3ccccc3C2=O)nnc1-c1ccco1. The number of furan rings is 1. The lowest BCUT2D eigenvalue weighted by Gasteiger charge is -2.13. The molecule has 0 bridgehead atoms. The van der Waals surface area contributed by atoms with Crippen LogP contribution in [0.2, 0.25) is 0 Å². The lowest BCUT2D eigenvalue weighted by molar-refractivity contribution is 0.0664. The summed E-state index contributed by atoms with van der Waals surface area (Å²) in [5.41, 5.74) is 0.921. The Kier molecular flexibility index (Phi) is 4.64. The van der Waals surface area contributed by atoms with Crippen molar-refractivity contribution in [2.24, 2.45) is 0 Å². The van der Waals surface area contributed by atoms with E-state index in [1.165, 1.54) is 16.7 Å². The number of amides is 2. The van der Waals surface area contributed by atoms with Gasteiger partial charge in [-0.3, -0.25) is 19.1 Å². The molecule has 1 aliphatic heterocycles. The fourth-order valence-corrected chi connectivity index (χ4v) is 3.82. The topological polar surface area (TPSA) is 81.2 Å². The lowest BCUT2D eigenvalue weighted by Crippen LogP contribution is -2.31. The molecule has 3 heterocycles. The Hall–Kier alpha value is -3.13. The molecule has 7 nitrogen and oxygen atoms in total. The second-order valence-electron chi connectivity index (χ2n) is 5.84. The smallest absolute Gasteiger partial charge is 0.261 e. The second-order valence-corrected chi connectivity index (χ2v) is 6.90. The number of carbonyl (C=O) groups excluding carboxylic acids is 2. The van der Waals surface area contributed by atoms with Gasteiger partial charge in [0.05, 0.1) is 17.4 Å². The molecule has 0 saturated carbocycles. The van der Waals surface area contributed by atoms with E-state index in [1.807, 2.05) is 10.6 Å². The van der Waals surface area contributed by atoms with Crippen molar-refractivity contribution in [2.75, 3.05) is 12.3 Å². The van der Waals surface area contributed by atoms with Gasteiger partial charge < -0.3 is 4.42 Å². The number of nitrogens with zero attached hydrogens (tertiary/aromatic N) is 4. The van der Waals surface area contributed by atoms with E-state index in [-0.39, 0.29) is 11.8 Å². The molecule has 27 heavy (non-hydrogen) atoms. The molecule has 1 aromatic carbocycles. The summed E-state index contributed by atoms with van der Waals surface area (Å²) in [7, 11) is 0. The fourth-order valence-electron chi connectivity index (χ4n) is 2.95. The predicted octanol–water partition coefficient (Wildman–Crippen LogP) is 3.11. The van der Waals surface area contributed by atoms with Crippen molar-refractivity contribution in [3.8, 4) is 11.6 Å². The molecular weight excluding hydrogens is 364 g/mol. The Bertz CT molecular complexity index is 975. The molecule has 2 amide bonds. The molecule has 0 aliphatic carbocycles. The van der Waals surface area contributed by atoms with Gasteiger partial charge in [-0.25, -0.2) is 0 Å². The van der Waals surface area contributed by atoms with Crippen LogP contribution in [0.25, 0.3) is 11.6 Å². The molecule has 0 N–H and O–H groups in total. The molecule has 2 aromatic heterocycles. The number of allylic oxidation sites excluding steroid dienone is 1. The first-order valence-corrected chi connectivity index (χ1v) is 9.35.